The molecule has 117 valence electrons. The van der Waals surface area contributed by atoms with E-state index in [0.29, 0.717) is 39.9 Å². The molecule has 1 heterocycles. The van der Waals surface area contributed by atoms with Crippen LogP contribution in [-0.4, -0.2) is 60.2 Å². The first-order chi connectivity index (χ1) is 10.7. The molecule has 7 heteroatoms. The van der Waals surface area contributed by atoms with Crippen molar-refractivity contribution >= 4 is 19.6 Å². The topological polar surface area (TPSA) is 70.1 Å². The summed E-state index contributed by atoms with van der Waals surface area (Å²) < 4.78 is 0. The van der Waals surface area contributed by atoms with Gasteiger partial charge in [-0.2, -0.15) is 0 Å². The van der Waals surface area contributed by atoms with Gasteiger partial charge in [0, 0.05) is 6.54 Å². The van der Waals surface area contributed by atoms with E-state index in [-0.39, 0.29) is 17.8 Å². The molecule has 1 saturated heterocycles. The minimum atomic E-state index is -0.330. The molecular formula is C15H20BN2O4. The number of likely N-dealkylation sites (N-methyl/N-ethyl adjacent to an activating group) is 1. The van der Waals surface area contributed by atoms with Crippen LogP contribution in [0.25, 0.3) is 0 Å². The van der Waals surface area contributed by atoms with Gasteiger partial charge >= 0.3 is 7.48 Å². The Kier molecular flexibility index (Phi) is 6.12. The van der Waals surface area contributed by atoms with Crippen molar-refractivity contribution < 1.29 is 19.5 Å². The Morgan fingerprint density at radius 3 is 2.77 bits per heavy atom. The number of hydroxylamine groups is 2. The van der Waals surface area contributed by atoms with Crippen LogP contribution in [0.1, 0.15) is 18.4 Å². The van der Waals surface area contributed by atoms with Crippen LogP contribution in [-0.2, 0) is 21.0 Å². The van der Waals surface area contributed by atoms with Gasteiger partial charge in [0.2, 0.25) is 6.41 Å². The Labute approximate surface area is 130 Å². The molecule has 1 radical (unpaired) electrons. The molecule has 1 aliphatic heterocycles. The second-order valence-electron chi connectivity index (χ2n) is 5.44. The number of carbonyl (C=O) groups excluding carboxylic acids is 2. The fourth-order valence-corrected chi connectivity index (χ4v) is 2.72. The SMILES string of the molecule is CN1C[C@H](N(C=O)OCc2ccccc2)CC[C@H]1C(=O)[B]O. The highest BCUT2D eigenvalue weighted by molar-refractivity contribution is 6.69. The van der Waals surface area contributed by atoms with E-state index in [1.54, 1.807) is 7.05 Å². The van der Waals surface area contributed by atoms with Gasteiger partial charge in [0.15, 0.2) is 0 Å². The molecule has 0 bridgehead atoms. The van der Waals surface area contributed by atoms with Crippen molar-refractivity contribution in [3.05, 3.63) is 35.9 Å². The number of benzene rings is 1. The highest BCUT2D eigenvalue weighted by Gasteiger charge is 2.33. The van der Waals surface area contributed by atoms with Gasteiger partial charge < -0.3 is 9.82 Å². The summed E-state index contributed by atoms with van der Waals surface area (Å²) in [6.45, 7) is 0.852. The van der Waals surface area contributed by atoms with E-state index in [0.717, 1.165) is 5.56 Å². The molecule has 1 amide bonds. The average molecular weight is 303 g/mol. The number of rotatable bonds is 7. The van der Waals surface area contributed by atoms with E-state index in [9.17, 15) is 9.59 Å². The van der Waals surface area contributed by atoms with Gasteiger partial charge in [-0.1, -0.05) is 30.3 Å². The number of amides is 1. The highest BCUT2D eigenvalue weighted by Crippen LogP contribution is 2.20. The zero-order valence-electron chi connectivity index (χ0n) is 12.6. The normalized spacial score (nSPS) is 22.1. The number of likely N-dealkylation sites (tertiary alicyclic amines) is 1. The fraction of sp³-hybridized carbons (Fsp3) is 0.467. The molecule has 1 aromatic rings. The monoisotopic (exact) mass is 303 g/mol. The molecule has 0 unspecified atom stereocenters. The fourth-order valence-electron chi connectivity index (χ4n) is 2.72. The molecule has 1 aromatic carbocycles. The molecule has 1 N–H and O–H groups in total. The zero-order chi connectivity index (χ0) is 15.9. The summed E-state index contributed by atoms with van der Waals surface area (Å²) in [4.78, 5) is 30.3. The van der Waals surface area contributed by atoms with Crippen molar-refractivity contribution in [2.45, 2.75) is 31.5 Å². The largest absolute Gasteiger partial charge is 0.448 e. The Morgan fingerprint density at radius 2 is 2.18 bits per heavy atom. The van der Waals surface area contributed by atoms with Crippen LogP contribution in [0.15, 0.2) is 30.3 Å². The summed E-state index contributed by atoms with van der Waals surface area (Å²) in [7, 11) is 2.42. The molecule has 1 aliphatic rings. The lowest BCUT2D eigenvalue weighted by molar-refractivity contribution is -0.198. The van der Waals surface area contributed by atoms with E-state index in [1.807, 2.05) is 35.2 Å². The first kappa shape index (κ1) is 16.7. The summed E-state index contributed by atoms with van der Waals surface area (Å²) >= 11 is 0. The highest BCUT2D eigenvalue weighted by atomic mass is 16.7. The lowest BCUT2D eigenvalue weighted by Gasteiger charge is -2.39. The minimum absolute atomic E-state index is 0.103. The van der Waals surface area contributed by atoms with Crippen molar-refractivity contribution in [3.63, 3.8) is 0 Å². The van der Waals surface area contributed by atoms with Crippen LogP contribution in [0, 0.1) is 0 Å². The third kappa shape index (κ3) is 4.16. The quantitative estimate of drug-likeness (QED) is 0.442. The summed E-state index contributed by atoms with van der Waals surface area (Å²) in [5.41, 5.74) is 0.685. The van der Waals surface area contributed by atoms with Crippen LogP contribution in [0.2, 0.25) is 0 Å². The standard InChI is InChI=1S/C15H20BN2O4/c1-17-9-13(7-8-14(17)15(20)16-21)18(11-19)22-10-12-5-3-2-4-6-12/h2-6,11,13-14,21H,7-10H2,1H3/t13-,14+/m1/s1. The third-order valence-electron chi connectivity index (χ3n) is 3.95. The Bertz CT molecular complexity index is 500. The average Bonchev–Trinajstić information content (AvgIpc) is 2.56. The van der Waals surface area contributed by atoms with Crippen molar-refractivity contribution in [1.82, 2.24) is 9.96 Å². The smallest absolute Gasteiger partial charge is 0.375 e. The van der Waals surface area contributed by atoms with E-state index < -0.39 is 0 Å². The maximum absolute atomic E-state index is 11.6. The number of carbonyl (C=O) groups is 2. The lowest BCUT2D eigenvalue weighted by atomic mass is 9.82. The van der Waals surface area contributed by atoms with E-state index in [2.05, 4.69) is 0 Å². The molecule has 22 heavy (non-hydrogen) atoms. The molecule has 2 rings (SSSR count). The second kappa shape index (κ2) is 8.07. The maximum atomic E-state index is 11.6. The predicted molar refractivity (Wildman–Crippen MR) is 81.6 cm³/mol. The summed E-state index contributed by atoms with van der Waals surface area (Å²) in [5.74, 6) is 0. The van der Waals surface area contributed by atoms with Gasteiger partial charge in [0.25, 0.3) is 0 Å². The Hall–Kier alpha value is -1.70. The first-order valence-electron chi connectivity index (χ1n) is 7.27. The van der Waals surface area contributed by atoms with Crippen molar-refractivity contribution in [2.24, 2.45) is 0 Å². The first-order valence-corrected chi connectivity index (χ1v) is 7.27. The molecule has 0 spiro atoms. The number of nitrogens with zero attached hydrogens (tertiary/aromatic N) is 2. The molecule has 2 atom stereocenters. The van der Waals surface area contributed by atoms with Gasteiger partial charge in [-0.25, -0.2) is 5.06 Å². The number of piperidine rings is 1. The Morgan fingerprint density at radius 1 is 1.45 bits per heavy atom. The van der Waals surface area contributed by atoms with E-state index >= 15 is 0 Å². The van der Waals surface area contributed by atoms with Crippen LogP contribution in [0.4, 0.5) is 0 Å². The molecule has 6 nitrogen and oxygen atoms in total. The summed E-state index contributed by atoms with van der Waals surface area (Å²) in [6, 6.07) is 9.19. The van der Waals surface area contributed by atoms with Crippen molar-refractivity contribution in [2.75, 3.05) is 13.6 Å². The van der Waals surface area contributed by atoms with Crippen molar-refractivity contribution in [3.8, 4) is 0 Å². The van der Waals surface area contributed by atoms with E-state index in [1.165, 1.54) is 5.06 Å². The van der Waals surface area contributed by atoms with Crippen molar-refractivity contribution in [1.29, 1.82) is 0 Å². The molecule has 0 aliphatic carbocycles. The Balaban J connectivity index is 1.89. The van der Waals surface area contributed by atoms with Gasteiger partial charge in [0.05, 0.1) is 12.1 Å². The molecule has 0 aromatic heterocycles. The minimum Gasteiger partial charge on any atom is -0.448 e. The van der Waals surface area contributed by atoms with Gasteiger partial charge in [-0.3, -0.25) is 14.5 Å². The molecule has 0 saturated carbocycles. The van der Waals surface area contributed by atoms with Crippen LogP contribution in [0.5, 0.6) is 0 Å². The van der Waals surface area contributed by atoms with Crippen LogP contribution in [0.3, 0.4) is 0 Å². The summed E-state index contributed by atoms with van der Waals surface area (Å²) in [5, 5.41) is 10.2. The van der Waals surface area contributed by atoms with Gasteiger partial charge in [0.1, 0.15) is 12.3 Å². The third-order valence-corrected chi connectivity index (χ3v) is 3.95. The van der Waals surface area contributed by atoms with E-state index in [4.69, 9.17) is 9.86 Å². The zero-order valence-corrected chi connectivity index (χ0v) is 12.6. The van der Waals surface area contributed by atoms with Crippen LogP contribution >= 0.6 is 0 Å². The maximum Gasteiger partial charge on any atom is 0.375 e. The lowest BCUT2D eigenvalue weighted by Crippen LogP contribution is -2.53. The van der Waals surface area contributed by atoms with Crippen LogP contribution < -0.4 is 0 Å². The summed E-state index contributed by atoms with van der Waals surface area (Å²) in [6.07, 6.45) is 1.92. The number of hydrogen-bond donors (Lipinski definition) is 1. The number of hydrogen-bond acceptors (Lipinski definition) is 5. The second-order valence-corrected chi connectivity index (χ2v) is 5.44. The molecule has 1 fully saturated rings. The van der Waals surface area contributed by atoms with Gasteiger partial charge in [-0.15, -0.1) is 0 Å². The molecular weight excluding hydrogens is 283 g/mol. The predicted octanol–water partition coefficient (Wildman–Crippen LogP) is 0.177. The van der Waals surface area contributed by atoms with Gasteiger partial charge in [-0.05, 0) is 25.5 Å².